The summed E-state index contributed by atoms with van der Waals surface area (Å²) in [5.74, 6) is 1.11. The molecule has 0 saturated heterocycles. The van der Waals surface area contributed by atoms with Crippen molar-refractivity contribution in [1.29, 1.82) is 0 Å². The fourth-order valence-electron chi connectivity index (χ4n) is 2.44. The second-order valence-electron chi connectivity index (χ2n) is 5.26. The third-order valence-electron chi connectivity index (χ3n) is 3.62. The molecule has 3 rings (SSSR count). The predicted octanol–water partition coefficient (Wildman–Crippen LogP) is 3.34. The first-order valence-electron chi connectivity index (χ1n) is 7.06. The van der Waals surface area contributed by atoms with Crippen LogP contribution in [0.4, 0.5) is 4.39 Å². The number of hydrogen-bond acceptors (Lipinski definition) is 3. The minimum absolute atomic E-state index is 0.283. The van der Waals surface area contributed by atoms with Gasteiger partial charge in [-0.05, 0) is 36.2 Å². The van der Waals surface area contributed by atoms with E-state index in [2.05, 4.69) is 0 Å². The average molecular weight is 287 g/mol. The summed E-state index contributed by atoms with van der Waals surface area (Å²) in [4.78, 5) is 0. The SMILES string of the molecule is Cc1ccc(C(N)c2ccc3c(c2)OCCCO3)c(F)c1. The van der Waals surface area contributed by atoms with Gasteiger partial charge in [-0.15, -0.1) is 0 Å². The van der Waals surface area contributed by atoms with E-state index in [4.69, 9.17) is 15.2 Å². The zero-order valence-electron chi connectivity index (χ0n) is 11.9. The van der Waals surface area contributed by atoms with Crippen molar-refractivity contribution < 1.29 is 13.9 Å². The Morgan fingerprint density at radius 2 is 1.81 bits per heavy atom. The highest BCUT2D eigenvalue weighted by molar-refractivity contribution is 5.46. The van der Waals surface area contributed by atoms with Crippen LogP contribution in [0.25, 0.3) is 0 Å². The van der Waals surface area contributed by atoms with Crippen LogP contribution in [0, 0.1) is 12.7 Å². The third kappa shape index (κ3) is 2.85. The van der Waals surface area contributed by atoms with Crippen LogP contribution < -0.4 is 15.2 Å². The molecule has 0 radical (unpaired) electrons. The summed E-state index contributed by atoms with van der Waals surface area (Å²) in [5, 5.41) is 0. The number of fused-ring (bicyclic) bond motifs is 1. The number of hydrogen-bond donors (Lipinski definition) is 1. The van der Waals surface area contributed by atoms with E-state index in [0.717, 1.165) is 17.5 Å². The van der Waals surface area contributed by atoms with Gasteiger partial charge in [-0.3, -0.25) is 0 Å². The fourth-order valence-corrected chi connectivity index (χ4v) is 2.44. The molecule has 21 heavy (non-hydrogen) atoms. The lowest BCUT2D eigenvalue weighted by atomic mass is 9.98. The Labute approximate surface area is 123 Å². The lowest BCUT2D eigenvalue weighted by Crippen LogP contribution is -2.14. The molecule has 1 unspecified atom stereocenters. The van der Waals surface area contributed by atoms with Gasteiger partial charge in [-0.25, -0.2) is 4.39 Å². The van der Waals surface area contributed by atoms with Crippen LogP contribution in [0.15, 0.2) is 36.4 Å². The van der Waals surface area contributed by atoms with Gasteiger partial charge in [0.25, 0.3) is 0 Å². The molecular formula is C17H18FNO2. The van der Waals surface area contributed by atoms with Gasteiger partial charge < -0.3 is 15.2 Å². The molecule has 0 saturated carbocycles. The van der Waals surface area contributed by atoms with Gasteiger partial charge in [-0.2, -0.15) is 0 Å². The molecule has 110 valence electrons. The monoisotopic (exact) mass is 287 g/mol. The van der Waals surface area contributed by atoms with Crippen molar-refractivity contribution in [2.24, 2.45) is 5.73 Å². The Morgan fingerprint density at radius 3 is 2.57 bits per heavy atom. The summed E-state index contributed by atoms with van der Waals surface area (Å²) in [6.07, 6.45) is 0.850. The van der Waals surface area contributed by atoms with Crippen molar-refractivity contribution in [2.45, 2.75) is 19.4 Å². The first-order chi connectivity index (χ1) is 10.1. The maximum absolute atomic E-state index is 14.1. The van der Waals surface area contributed by atoms with Crippen LogP contribution in [-0.2, 0) is 0 Å². The Kier molecular flexibility index (Phi) is 3.80. The van der Waals surface area contributed by atoms with E-state index in [1.165, 1.54) is 6.07 Å². The average Bonchev–Trinajstić information content (AvgIpc) is 2.71. The fraction of sp³-hybridized carbons (Fsp3) is 0.294. The highest BCUT2D eigenvalue weighted by Gasteiger charge is 2.17. The van der Waals surface area contributed by atoms with Gasteiger partial charge in [0.1, 0.15) is 5.82 Å². The van der Waals surface area contributed by atoms with Crippen molar-refractivity contribution in [2.75, 3.05) is 13.2 Å². The minimum atomic E-state index is -0.525. The Bertz CT molecular complexity index is 657. The molecule has 0 spiro atoms. The van der Waals surface area contributed by atoms with E-state index >= 15 is 0 Å². The van der Waals surface area contributed by atoms with Crippen molar-refractivity contribution >= 4 is 0 Å². The topological polar surface area (TPSA) is 44.5 Å². The molecule has 3 nitrogen and oxygen atoms in total. The minimum Gasteiger partial charge on any atom is -0.490 e. The van der Waals surface area contributed by atoms with Crippen LogP contribution in [0.5, 0.6) is 11.5 Å². The molecule has 2 aromatic rings. The summed E-state index contributed by atoms with van der Waals surface area (Å²) in [6.45, 7) is 3.11. The summed E-state index contributed by atoms with van der Waals surface area (Å²) in [7, 11) is 0. The van der Waals surface area contributed by atoms with Gasteiger partial charge in [0, 0.05) is 12.0 Å². The largest absolute Gasteiger partial charge is 0.490 e. The predicted molar refractivity (Wildman–Crippen MR) is 79.2 cm³/mol. The quantitative estimate of drug-likeness (QED) is 0.921. The van der Waals surface area contributed by atoms with Crippen LogP contribution >= 0.6 is 0 Å². The van der Waals surface area contributed by atoms with Gasteiger partial charge in [-0.1, -0.05) is 18.2 Å². The van der Waals surface area contributed by atoms with E-state index in [0.29, 0.717) is 30.3 Å². The standard InChI is InChI=1S/C17H18FNO2/c1-11-3-5-13(14(18)9-11)17(19)12-4-6-15-16(10-12)21-8-2-7-20-15/h3-6,9-10,17H,2,7-8,19H2,1H3. The van der Waals surface area contributed by atoms with Crippen LogP contribution in [0.1, 0.15) is 29.2 Å². The summed E-state index contributed by atoms with van der Waals surface area (Å²) >= 11 is 0. The molecule has 0 aromatic heterocycles. The molecule has 1 atom stereocenters. The number of benzene rings is 2. The van der Waals surface area contributed by atoms with Crippen LogP contribution in [0.2, 0.25) is 0 Å². The van der Waals surface area contributed by atoms with Crippen molar-refractivity contribution in [3.05, 3.63) is 58.9 Å². The van der Waals surface area contributed by atoms with E-state index in [1.54, 1.807) is 6.07 Å². The van der Waals surface area contributed by atoms with Crippen molar-refractivity contribution in [1.82, 2.24) is 0 Å². The molecule has 2 N–H and O–H groups in total. The molecular weight excluding hydrogens is 269 g/mol. The number of nitrogens with two attached hydrogens (primary N) is 1. The van der Waals surface area contributed by atoms with Gasteiger partial charge in [0.05, 0.1) is 19.3 Å². The number of rotatable bonds is 2. The number of ether oxygens (including phenoxy) is 2. The molecule has 0 fully saturated rings. The van der Waals surface area contributed by atoms with Crippen molar-refractivity contribution in [3.63, 3.8) is 0 Å². The summed E-state index contributed by atoms with van der Waals surface area (Å²) in [5.41, 5.74) is 8.37. The van der Waals surface area contributed by atoms with E-state index < -0.39 is 6.04 Å². The lowest BCUT2D eigenvalue weighted by Gasteiger charge is -2.16. The third-order valence-corrected chi connectivity index (χ3v) is 3.62. The first kappa shape index (κ1) is 13.9. The maximum Gasteiger partial charge on any atom is 0.161 e. The second-order valence-corrected chi connectivity index (χ2v) is 5.26. The second kappa shape index (κ2) is 5.74. The van der Waals surface area contributed by atoms with Gasteiger partial charge >= 0.3 is 0 Å². The lowest BCUT2D eigenvalue weighted by molar-refractivity contribution is 0.297. The Balaban J connectivity index is 1.94. The van der Waals surface area contributed by atoms with Gasteiger partial charge in [0.2, 0.25) is 0 Å². The van der Waals surface area contributed by atoms with Gasteiger partial charge in [0.15, 0.2) is 11.5 Å². The Morgan fingerprint density at radius 1 is 1.05 bits per heavy atom. The van der Waals surface area contributed by atoms with Crippen molar-refractivity contribution in [3.8, 4) is 11.5 Å². The first-order valence-corrected chi connectivity index (χ1v) is 7.06. The van der Waals surface area contributed by atoms with E-state index in [1.807, 2.05) is 31.2 Å². The van der Waals surface area contributed by atoms with E-state index in [9.17, 15) is 4.39 Å². The van der Waals surface area contributed by atoms with Crippen LogP contribution in [0.3, 0.4) is 0 Å². The smallest absolute Gasteiger partial charge is 0.161 e. The molecule has 0 amide bonds. The van der Waals surface area contributed by atoms with E-state index in [-0.39, 0.29) is 5.82 Å². The molecule has 1 heterocycles. The molecule has 2 aromatic carbocycles. The van der Waals surface area contributed by atoms with Crippen LogP contribution in [-0.4, -0.2) is 13.2 Å². The highest BCUT2D eigenvalue weighted by Crippen LogP contribution is 2.33. The Hall–Kier alpha value is -2.07. The molecule has 0 bridgehead atoms. The molecule has 1 aliphatic rings. The molecule has 1 aliphatic heterocycles. The zero-order valence-corrected chi connectivity index (χ0v) is 11.9. The summed E-state index contributed by atoms with van der Waals surface area (Å²) in [6, 6.07) is 10.1. The zero-order chi connectivity index (χ0) is 14.8. The maximum atomic E-state index is 14.1. The number of halogens is 1. The normalized spacial score (nSPS) is 15.4. The highest BCUT2D eigenvalue weighted by atomic mass is 19.1. The summed E-state index contributed by atoms with van der Waals surface area (Å²) < 4.78 is 25.3. The number of aryl methyl sites for hydroxylation is 1. The molecule has 0 aliphatic carbocycles. The molecule has 4 heteroatoms.